The quantitative estimate of drug-likeness (QED) is 0.178. The summed E-state index contributed by atoms with van der Waals surface area (Å²) in [5.74, 6) is 0. The Bertz CT molecular complexity index is 3690. The van der Waals surface area contributed by atoms with E-state index in [9.17, 15) is 0 Å². The molecule has 12 rings (SSSR count). The molecule has 4 nitrogen and oxygen atoms in total. The summed E-state index contributed by atoms with van der Waals surface area (Å²) in [5, 5.41) is 11.4. The van der Waals surface area contributed by atoms with E-state index in [0.29, 0.717) is 0 Å². The van der Waals surface area contributed by atoms with Crippen molar-refractivity contribution in [3.8, 4) is 0 Å². The molecule has 0 aliphatic heterocycles. The summed E-state index contributed by atoms with van der Waals surface area (Å²) < 4.78 is 5.04. The topological polar surface area (TPSA) is 25.0 Å². The van der Waals surface area contributed by atoms with Gasteiger partial charge in [0, 0.05) is 49.1 Å². The summed E-state index contributed by atoms with van der Waals surface area (Å²) in [7, 11) is 0. The fraction of sp³-hybridized carbons (Fsp3) is 0.211. The third kappa shape index (κ3) is 5.02. The molecule has 7 aromatic carbocycles. The van der Waals surface area contributed by atoms with Crippen molar-refractivity contribution in [3.63, 3.8) is 0 Å². The van der Waals surface area contributed by atoms with E-state index in [0.717, 1.165) is 33.7 Å². The van der Waals surface area contributed by atoms with E-state index in [2.05, 4.69) is 216 Å². The van der Waals surface area contributed by atoms with Crippen LogP contribution >= 0.6 is 0 Å². The maximum atomic E-state index is 5.93. The van der Waals surface area contributed by atoms with Gasteiger partial charge in [-0.1, -0.05) is 129 Å². The molecule has 0 aliphatic rings. The molecule has 0 N–H and O–H groups in total. The van der Waals surface area contributed by atoms with Crippen LogP contribution in [0.2, 0.25) is 0 Å². The molecule has 0 fully saturated rings. The second-order valence-corrected chi connectivity index (χ2v) is 20.6. The molecule has 0 radical (unpaired) electrons. The van der Waals surface area contributed by atoms with Gasteiger partial charge in [0.1, 0.15) is 5.65 Å². The number of fused-ring (bicyclic) bond motifs is 14. The minimum atomic E-state index is -0.0903. The van der Waals surface area contributed by atoms with Crippen molar-refractivity contribution >= 4 is 104 Å². The zero-order chi connectivity index (χ0) is 41.9. The molecule has 61 heavy (non-hydrogen) atoms. The predicted molar refractivity (Wildman–Crippen MR) is 262 cm³/mol. The predicted octanol–water partition coefficient (Wildman–Crippen LogP) is 15.9. The van der Waals surface area contributed by atoms with E-state index in [4.69, 9.17) is 4.98 Å². The average molecular weight is 791 g/mol. The lowest BCUT2D eigenvalue weighted by molar-refractivity contribution is 0.591. The zero-order valence-corrected chi connectivity index (χ0v) is 36.6. The fourth-order valence-corrected chi connectivity index (χ4v) is 10.3. The fourth-order valence-electron chi connectivity index (χ4n) is 10.3. The van der Waals surface area contributed by atoms with Crippen molar-refractivity contribution < 1.29 is 0 Å². The Hall–Kier alpha value is -6.65. The lowest BCUT2D eigenvalue weighted by Crippen LogP contribution is -2.15. The van der Waals surface area contributed by atoms with Crippen LogP contribution in [-0.4, -0.2) is 13.8 Å². The number of benzene rings is 7. The summed E-state index contributed by atoms with van der Waals surface area (Å²) in [6.45, 7) is 21.0. The molecule has 0 amide bonds. The number of rotatable bonds is 3. The number of hydrogen-bond donors (Lipinski definition) is 0. The van der Waals surface area contributed by atoms with Crippen LogP contribution in [0, 0.1) is 0 Å². The largest absolute Gasteiger partial charge is 0.308 e. The minimum Gasteiger partial charge on any atom is -0.308 e. The van der Waals surface area contributed by atoms with Crippen molar-refractivity contribution in [1.82, 2.24) is 13.8 Å². The normalized spacial score (nSPS) is 13.3. The van der Waals surface area contributed by atoms with Crippen LogP contribution in [0.4, 0.5) is 17.1 Å². The van der Waals surface area contributed by atoms with Gasteiger partial charge in [0.2, 0.25) is 0 Å². The van der Waals surface area contributed by atoms with Crippen molar-refractivity contribution in [2.45, 2.75) is 78.6 Å². The van der Waals surface area contributed by atoms with Crippen molar-refractivity contribution in [3.05, 3.63) is 156 Å². The number of pyridine rings is 1. The Labute approximate surface area is 356 Å². The third-order valence-electron chi connectivity index (χ3n) is 13.5. The van der Waals surface area contributed by atoms with Crippen molar-refractivity contribution in [2.24, 2.45) is 0 Å². The molecule has 12 aromatic rings. The average Bonchev–Trinajstić information content (AvgIpc) is 3.95. The highest BCUT2D eigenvalue weighted by Crippen LogP contribution is 2.50. The first-order valence-electron chi connectivity index (χ1n) is 21.8. The van der Waals surface area contributed by atoms with E-state index < -0.39 is 0 Å². The van der Waals surface area contributed by atoms with Gasteiger partial charge in [0.15, 0.2) is 0 Å². The van der Waals surface area contributed by atoms with Crippen LogP contribution in [0.5, 0.6) is 0 Å². The van der Waals surface area contributed by atoms with Gasteiger partial charge in [-0.25, -0.2) is 4.98 Å². The first-order valence-corrected chi connectivity index (χ1v) is 21.8. The first kappa shape index (κ1) is 36.2. The highest BCUT2D eigenvalue weighted by molar-refractivity contribution is 6.31. The Kier molecular flexibility index (Phi) is 7.13. The first-order chi connectivity index (χ1) is 29.2. The van der Waals surface area contributed by atoms with Crippen LogP contribution < -0.4 is 4.90 Å². The lowest BCUT2D eigenvalue weighted by Gasteiger charge is -2.29. The van der Waals surface area contributed by atoms with Crippen LogP contribution in [0.1, 0.15) is 79.0 Å². The van der Waals surface area contributed by atoms with Gasteiger partial charge in [0.25, 0.3) is 0 Å². The second-order valence-electron chi connectivity index (χ2n) is 20.6. The van der Waals surface area contributed by atoms with Crippen LogP contribution in [0.15, 0.2) is 140 Å². The molecular formula is C57H50N4. The number of nitrogens with zero attached hydrogens (tertiary/aromatic N) is 4. The summed E-state index contributed by atoms with van der Waals surface area (Å²) >= 11 is 0. The molecular weight excluding hydrogens is 741 g/mol. The van der Waals surface area contributed by atoms with Gasteiger partial charge in [-0.3, -0.25) is 4.40 Å². The zero-order valence-electron chi connectivity index (χ0n) is 36.6. The van der Waals surface area contributed by atoms with Crippen LogP contribution in [0.25, 0.3) is 87.2 Å². The van der Waals surface area contributed by atoms with E-state index in [1.165, 1.54) is 87.2 Å². The van der Waals surface area contributed by atoms with E-state index in [1.54, 1.807) is 0 Å². The Morgan fingerprint density at radius 2 is 0.918 bits per heavy atom. The van der Waals surface area contributed by atoms with Gasteiger partial charge in [0.05, 0.1) is 38.8 Å². The van der Waals surface area contributed by atoms with E-state index >= 15 is 0 Å². The van der Waals surface area contributed by atoms with Gasteiger partial charge < -0.3 is 9.30 Å². The number of anilines is 3. The molecule has 298 valence electrons. The standard InChI is InChI=1S/C57H50N4/c1-55(2,3)34-26-40-41-28-36(57(7,8)9)31-48(59(37-19-12-10-13-20-37)38-21-14-11-15-22-38)53(41)61-51(40)42(27-34)43-32-47-50(58-54(43)61)45-30-35(56(4,5)6)29-44-49-39-23-17-16-18-33(39)24-25-46(49)60(47)52(44)45/h10-32H,1-9H3. The molecule has 5 heterocycles. The Balaban J connectivity index is 1.32. The Morgan fingerprint density at radius 3 is 1.54 bits per heavy atom. The summed E-state index contributed by atoms with van der Waals surface area (Å²) in [5.41, 5.74) is 15.2. The lowest BCUT2D eigenvalue weighted by atomic mass is 9.84. The van der Waals surface area contributed by atoms with Gasteiger partial charge in [-0.2, -0.15) is 0 Å². The smallest absolute Gasteiger partial charge is 0.146 e. The van der Waals surface area contributed by atoms with Crippen LogP contribution in [-0.2, 0) is 16.2 Å². The second kappa shape index (κ2) is 12.0. The SMILES string of the molecule is CC(C)(C)c1cc(N(c2ccccc2)c2ccccc2)c2c(c1)c1cc(C(C)(C)C)cc3c4cc5c(nc4n2c31)c1cc(C(C)(C)C)cc2c3c4ccccc4ccc3n5c12. The van der Waals surface area contributed by atoms with Crippen molar-refractivity contribution in [2.75, 3.05) is 4.90 Å². The maximum absolute atomic E-state index is 5.93. The Morgan fingerprint density at radius 1 is 0.410 bits per heavy atom. The number of para-hydroxylation sites is 2. The summed E-state index contributed by atoms with van der Waals surface area (Å²) in [6, 6.07) is 52.4. The highest BCUT2D eigenvalue weighted by atomic mass is 15.2. The van der Waals surface area contributed by atoms with Crippen LogP contribution in [0.3, 0.4) is 0 Å². The minimum absolute atomic E-state index is 0.0520. The van der Waals surface area contributed by atoms with E-state index in [-0.39, 0.29) is 16.2 Å². The highest BCUT2D eigenvalue weighted by Gasteiger charge is 2.31. The number of aromatic nitrogens is 3. The molecule has 0 bridgehead atoms. The molecule has 0 saturated carbocycles. The molecule has 0 unspecified atom stereocenters. The molecule has 0 spiro atoms. The van der Waals surface area contributed by atoms with Crippen molar-refractivity contribution in [1.29, 1.82) is 0 Å². The number of hydrogen-bond acceptors (Lipinski definition) is 2. The van der Waals surface area contributed by atoms with E-state index in [1.807, 2.05) is 0 Å². The van der Waals surface area contributed by atoms with Gasteiger partial charge >= 0.3 is 0 Å². The summed E-state index contributed by atoms with van der Waals surface area (Å²) in [4.78, 5) is 8.39. The molecule has 0 atom stereocenters. The molecule has 0 aliphatic carbocycles. The molecule has 4 heteroatoms. The van der Waals surface area contributed by atoms with Gasteiger partial charge in [-0.15, -0.1) is 0 Å². The third-order valence-corrected chi connectivity index (χ3v) is 13.5. The maximum Gasteiger partial charge on any atom is 0.146 e. The molecule has 0 saturated heterocycles. The molecule has 5 aromatic heterocycles. The monoisotopic (exact) mass is 790 g/mol. The van der Waals surface area contributed by atoms with Gasteiger partial charge in [-0.05, 0) is 117 Å². The summed E-state index contributed by atoms with van der Waals surface area (Å²) in [6.07, 6.45) is 0.